The lowest BCUT2D eigenvalue weighted by molar-refractivity contribution is 0.190. The van der Waals surface area contributed by atoms with Crippen molar-refractivity contribution in [2.45, 2.75) is 30.8 Å². The molecule has 0 N–H and O–H groups in total. The van der Waals surface area contributed by atoms with Crippen molar-refractivity contribution in [3.05, 3.63) is 0 Å². The monoisotopic (exact) mass is 142 g/mol. The zero-order valence-corrected chi connectivity index (χ0v) is 5.87. The van der Waals surface area contributed by atoms with E-state index in [1.165, 1.54) is 0 Å². The Morgan fingerprint density at radius 1 is 1.50 bits per heavy atom. The molecule has 56 valence electrons. The average Bonchev–Trinajstić information content (AvgIpc) is 2.70. The minimum atomic E-state index is -0.000579. The van der Waals surface area contributed by atoms with Crippen LogP contribution in [0.1, 0.15) is 6.92 Å². The van der Waals surface area contributed by atoms with E-state index >= 15 is 0 Å². The quantitative estimate of drug-likeness (QED) is 0.507. The second-order valence-electron chi connectivity index (χ2n) is 3.33. The predicted octanol–water partition coefficient (Wildman–Crippen LogP) is -0.0585. The van der Waals surface area contributed by atoms with Gasteiger partial charge in [-0.2, -0.15) is 0 Å². The van der Waals surface area contributed by atoms with Gasteiger partial charge in [-0.15, -0.1) is 0 Å². The normalized spacial score (nSPS) is 63.9. The van der Waals surface area contributed by atoms with Crippen LogP contribution in [0.3, 0.4) is 0 Å². The molecule has 0 amide bonds. The van der Waals surface area contributed by atoms with Crippen molar-refractivity contribution in [2.75, 3.05) is 13.2 Å². The average molecular weight is 142 g/mol. The molecule has 3 heteroatoms. The van der Waals surface area contributed by atoms with E-state index in [9.17, 15) is 0 Å². The molecule has 0 aromatic carbocycles. The van der Waals surface area contributed by atoms with Crippen molar-refractivity contribution in [3.8, 4) is 0 Å². The molecule has 0 bridgehead atoms. The first-order valence-electron chi connectivity index (χ1n) is 3.74. The van der Waals surface area contributed by atoms with Crippen molar-refractivity contribution >= 4 is 0 Å². The Morgan fingerprint density at radius 3 is 2.40 bits per heavy atom. The maximum atomic E-state index is 5.36. The van der Waals surface area contributed by atoms with Gasteiger partial charge >= 0.3 is 0 Å². The third kappa shape index (κ3) is 0.557. The van der Waals surface area contributed by atoms with Crippen molar-refractivity contribution < 1.29 is 14.2 Å². The molecule has 0 saturated carbocycles. The molecule has 3 nitrogen and oxygen atoms in total. The van der Waals surface area contributed by atoms with Gasteiger partial charge in [0.15, 0.2) is 0 Å². The Labute approximate surface area is 59.3 Å². The van der Waals surface area contributed by atoms with Crippen LogP contribution in [0, 0.1) is 0 Å². The smallest absolute Gasteiger partial charge is 0.148 e. The van der Waals surface area contributed by atoms with Gasteiger partial charge in [-0.3, -0.25) is 0 Å². The molecular weight excluding hydrogens is 132 g/mol. The summed E-state index contributed by atoms with van der Waals surface area (Å²) in [5.74, 6) is 0. The van der Waals surface area contributed by atoms with E-state index in [-0.39, 0.29) is 5.60 Å². The molecule has 0 spiro atoms. The maximum Gasteiger partial charge on any atom is 0.148 e. The summed E-state index contributed by atoms with van der Waals surface area (Å²) in [4.78, 5) is 0. The Kier molecular flexibility index (Phi) is 0.770. The van der Waals surface area contributed by atoms with Gasteiger partial charge in [-0.1, -0.05) is 0 Å². The third-order valence-electron chi connectivity index (χ3n) is 2.55. The summed E-state index contributed by atoms with van der Waals surface area (Å²) in [6.07, 6.45) is 1.08. The molecule has 3 rings (SSSR count). The lowest BCUT2D eigenvalue weighted by Gasteiger charge is -2.01. The van der Waals surface area contributed by atoms with E-state index in [0.717, 1.165) is 13.2 Å². The molecule has 0 aromatic heterocycles. The highest BCUT2D eigenvalue weighted by atomic mass is 16.7. The number of hydrogen-bond donors (Lipinski definition) is 0. The van der Waals surface area contributed by atoms with Crippen LogP contribution in [0.15, 0.2) is 0 Å². The predicted molar refractivity (Wildman–Crippen MR) is 32.8 cm³/mol. The SMILES string of the molecule is CC1OC1C1(C2CO2)CO1. The molecule has 0 radical (unpaired) electrons. The van der Waals surface area contributed by atoms with Gasteiger partial charge in [0.2, 0.25) is 0 Å². The van der Waals surface area contributed by atoms with Crippen LogP contribution in [0.5, 0.6) is 0 Å². The minimum Gasteiger partial charge on any atom is -0.370 e. The fourth-order valence-electron chi connectivity index (χ4n) is 1.65. The van der Waals surface area contributed by atoms with Crippen molar-refractivity contribution in [1.29, 1.82) is 0 Å². The van der Waals surface area contributed by atoms with Gasteiger partial charge in [0, 0.05) is 0 Å². The summed E-state index contributed by atoms with van der Waals surface area (Å²) in [7, 11) is 0. The number of epoxide rings is 3. The molecule has 0 aliphatic carbocycles. The van der Waals surface area contributed by atoms with Crippen LogP contribution in [0.2, 0.25) is 0 Å². The first kappa shape index (κ1) is 5.52. The lowest BCUT2D eigenvalue weighted by Crippen LogP contribution is -2.27. The van der Waals surface area contributed by atoms with Crippen molar-refractivity contribution in [2.24, 2.45) is 0 Å². The summed E-state index contributed by atoms with van der Waals surface area (Å²) in [5, 5.41) is 0. The molecule has 3 saturated heterocycles. The third-order valence-corrected chi connectivity index (χ3v) is 2.55. The molecule has 0 aromatic rings. The van der Waals surface area contributed by atoms with Crippen LogP contribution in [0.4, 0.5) is 0 Å². The second kappa shape index (κ2) is 1.40. The molecular formula is C7H10O3. The van der Waals surface area contributed by atoms with Gasteiger partial charge in [-0.05, 0) is 6.92 Å². The largest absolute Gasteiger partial charge is 0.370 e. The van der Waals surface area contributed by atoms with Crippen LogP contribution in [0.25, 0.3) is 0 Å². The molecule has 4 unspecified atom stereocenters. The molecule has 3 aliphatic heterocycles. The van der Waals surface area contributed by atoms with Crippen LogP contribution in [-0.4, -0.2) is 37.1 Å². The number of hydrogen-bond acceptors (Lipinski definition) is 3. The van der Waals surface area contributed by atoms with E-state index < -0.39 is 0 Å². The zero-order chi connectivity index (χ0) is 6.77. The van der Waals surface area contributed by atoms with Gasteiger partial charge in [0.05, 0.1) is 19.3 Å². The molecule has 10 heavy (non-hydrogen) atoms. The summed E-state index contributed by atoms with van der Waals surface area (Å²) in [6.45, 7) is 3.79. The Bertz CT molecular complexity index is 172. The highest BCUT2D eigenvalue weighted by Crippen LogP contribution is 2.50. The van der Waals surface area contributed by atoms with Gasteiger partial charge < -0.3 is 14.2 Å². The minimum absolute atomic E-state index is 0.000579. The summed E-state index contributed by atoms with van der Waals surface area (Å²) < 4.78 is 15.9. The van der Waals surface area contributed by atoms with E-state index in [1.54, 1.807) is 0 Å². The van der Waals surface area contributed by atoms with E-state index in [2.05, 4.69) is 6.92 Å². The van der Waals surface area contributed by atoms with E-state index in [4.69, 9.17) is 14.2 Å². The van der Waals surface area contributed by atoms with E-state index in [1.807, 2.05) is 0 Å². The first-order chi connectivity index (χ1) is 4.83. The Morgan fingerprint density at radius 2 is 2.10 bits per heavy atom. The standard InChI is InChI=1S/C7H10O3/c1-4-6(10-4)7(3-9-7)5-2-8-5/h4-6H,2-3H2,1H3. The van der Waals surface area contributed by atoms with Gasteiger partial charge in [0.1, 0.15) is 17.8 Å². The fraction of sp³-hybridized carbons (Fsp3) is 1.00. The van der Waals surface area contributed by atoms with Gasteiger partial charge in [0.25, 0.3) is 0 Å². The summed E-state index contributed by atoms with van der Waals surface area (Å²) in [5.41, 5.74) is -0.000579. The molecule has 3 aliphatic rings. The molecule has 3 heterocycles. The van der Waals surface area contributed by atoms with Crippen LogP contribution < -0.4 is 0 Å². The Balaban J connectivity index is 1.77. The molecule has 3 fully saturated rings. The van der Waals surface area contributed by atoms with Crippen LogP contribution in [-0.2, 0) is 14.2 Å². The fourth-order valence-corrected chi connectivity index (χ4v) is 1.65. The van der Waals surface area contributed by atoms with Crippen LogP contribution >= 0.6 is 0 Å². The topological polar surface area (TPSA) is 37.6 Å². The number of rotatable bonds is 2. The second-order valence-corrected chi connectivity index (χ2v) is 3.33. The lowest BCUT2D eigenvalue weighted by atomic mass is 10.0. The summed E-state index contributed by atoms with van der Waals surface area (Å²) >= 11 is 0. The van der Waals surface area contributed by atoms with Crippen molar-refractivity contribution in [1.82, 2.24) is 0 Å². The van der Waals surface area contributed by atoms with Gasteiger partial charge in [-0.25, -0.2) is 0 Å². The first-order valence-corrected chi connectivity index (χ1v) is 3.74. The highest BCUT2D eigenvalue weighted by molar-refractivity contribution is 5.16. The Hall–Kier alpha value is -0.120. The highest BCUT2D eigenvalue weighted by Gasteiger charge is 2.69. The van der Waals surface area contributed by atoms with Crippen molar-refractivity contribution in [3.63, 3.8) is 0 Å². The maximum absolute atomic E-state index is 5.36. The zero-order valence-electron chi connectivity index (χ0n) is 5.87. The number of ether oxygens (including phenoxy) is 3. The molecule has 4 atom stereocenters. The summed E-state index contributed by atoms with van der Waals surface area (Å²) in [6, 6.07) is 0. The van der Waals surface area contributed by atoms with E-state index in [0.29, 0.717) is 18.3 Å².